The number of rotatable bonds is 25. The first-order chi connectivity index (χ1) is 43.4. The Morgan fingerprint density at radius 3 is 1.35 bits per heavy atom. The van der Waals surface area contributed by atoms with Crippen molar-refractivity contribution in [2.24, 2.45) is 0 Å². The molecule has 0 unspecified atom stereocenters. The number of hydrogen-bond donors (Lipinski definition) is 4. The summed E-state index contributed by atoms with van der Waals surface area (Å²) in [5.74, 6) is -1.89. The number of para-hydroxylation sites is 1. The van der Waals surface area contributed by atoms with Crippen LogP contribution in [0.3, 0.4) is 0 Å². The second-order valence-corrected chi connectivity index (χ2v) is 28.2. The molecule has 12 heteroatoms. The SMILES string of the molecule is CCCCCCC[N+]1=C(/C=C2/C(=O)C(c3ccc4c(c3)C(C)(C)C(/C=C3/C(=O)C(/C=C5/N(CCCC)c6ccc(C(=O)O)cc6C5(C)C)=C3O)=[N+]4CCCCCCC)=C2O)C(C)(C)c2cc(C3=C(O)/C(=C/C4=[N+](CCCC)c5ccccc5C4(C)C)C3=O)ccc21. The van der Waals surface area contributed by atoms with Crippen LogP contribution >= 0.6 is 0 Å². The van der Waals surface area contributed by atoms with Crippen LogP contribution in [0.15, 0.2) is 148 Å². The maximum atomic E-state index is 14.8. The number of carbonyl (C=O) groups excluding carboxylic acids is 3. The normalized spacial score (nSPS) is 20.9. The van der Waals surface area contributed by atoms with Crippen LogP contribution in [-0.2, 0) is 36.0 Å². The topological polar surface area (TPSA) is 161 Å². The lowest BCUT2D eigenvalue weighted by atomic mass is 9.74. The smallest absolute Gasteiger partial charge is 0.335 e. The molecule has 7 aliphatic rings. The van der Waals surface area contributed by atoms with Crippen molar-refractivity contribution in [1.82, 2.24) is 0 Å². The third kappa shape index (κ3) is 10.8. The third-order valence-electron chi connectivity index (χ3n) is 20.8. The van der Waals surface area contributed by atoms with E-state index in [1.54, 1.807) is 18.2 Å². The number of benzene rings is 4. The number of nitrogens with zero attached hydrogens (tertiary/aromatic N) is 4. The number of fused-ring (bicyclic) bond motifs is 4. The molecule has 3 aliphatic carbocycles. The van der Waals surface area contributed by atoms with Gasteiger partial charge < -0.3 is 25.3 Å². The molecule has 0 spiro atoms. The van der Waals surface area contributed by atoms with Crippen LogP contribution in [0.1, 0.15) is 217 Å². The summed E-state index contributed by atoms with van der Waals surface area (Å²) in [6, 6.07) is 25.5. The van der Waals surface area contributed by atoms with Crippen molar-refractivity contribution < 1.29 is 53.3 Å². The number of carboxylic acid groups (broad SMARTS) is 1. The highest BCUT2D eigenvalue weighted by molar-refractivity contribution is 6.41. The van der Waals surface area contributed by atoms with Gasteiger partial charge in [-0.3, -0.25) is 14.4 Å². The molecule has 4 aromatic rings. The molecule has 4 N–H and O–H groups in total. The molecule has 0 bridgehead atoms. The Morgan fingerprint density at radius 1 is 0.451 bits per heavy atom. The number of aromatic carboxylic acids is 1. The number of carboxylic acids is 1. The maximum Gasteiger partial charge on any atom is 0.335 e. The molecular formula is C79H93N4O8+3. The lowest BCUT2D eigenvalue weighted by Crippen LogP contribution is -2.32. The van der Waals surface area contributed by atoms with E-state index in [1.807, 2.05) is 74.5 Å². The molecule has 4 aromatic carbocycles. The summed E-state index contributed by atoms with van der Waals surface area (Å²) in [4.78, 5) is 57.9. The highest BCUT2D eigenvalue weighted by Crippen LogP contribution is 2.52. The Labute approximate surface area is 538 Å². The van der Waals surface area contributed by atoms with Gasteiger partial charge in [0.05, 0.1) is 55.2 Å². The molecule has 11 rings (SSSR count). The van der Waals surface area contributed by atoms with Crippen molar-refractivity contribution in [3.63, 3.8) is 0 Å². The highest BCUT2D eigenvalue weighted by atomic mass is 16.4. The third-order valence-corrected chi connectivity index (χ3v) is 20.8. The van der Waals surface area contributed by atoms with E-state index in [4.69, 9.17) is 0 Å². The molecule has 0 saturated heterocycles. The number of anilines is 1. The van der Waals surface area contributed by atoms with Crippen LogP contribution in [0.4, 0.5) is 22.7 Å². The minimum absolute atomic E-state index is 0.00677. The molecule has 474 valence electrons. The van der Waals surface area contributed by atoms with Crippen LogP contribution in [0, 0.1) is 0 Å². The zero-order chi connectivity index (χ0) is 65.2. The zero-order valence-corrected chi connectivity index (χ0v) is 55.8. The standard InChI is InChI=1S/C79H90N4O8/c1-13-17-21-23-27-39-82-60-34-31-48(41-56(60)77(7,8)65(82)45-52-69(84)51(70(52)85)44-64-79(11,12)58-43-50(75(90)91)33-36-62(58)81(64)38-20-16-4)68-73(88)54(74(68)89)47-66-78(9,10)57-42-49(32-35-61(57)83(66)40-28-24-22-18-14-2)67-71(86)53(72(67)87)46-63-76(5,6)55-29-25-26-30-59(55)80(63)37-19-15-3/h25-26,29-36,41-47H,13-24,27-28,37-40H2,1-12H3,(H-3,84,85,86,87,88,89,90,91)/p+3. The van der Waals surface area contributed by atoms with Crippen molar-refractivity contribution in [2.45, 2.75) is 195 Å². The van der Waals surface area contributed by atoms with Gasteiger partial charge in [0.15, 0.2) is 17.1 Å². The van der Waals surface area contributed by atoms with Crippen LogP contribution in [-0.4, -0.2) is 101 Å². The van der Waals surface area contributed by atoms with E-state index in [9.17, 15) is 39.6 Å². The van der Waals surface area contributed by atoms with Crippen molar-refractivity contribution >= 4 is 74.3 Å². The minimum atomic E-state index is -1.01. The Morgan fingerprint density at radius 2 is 0.890 bits per heavy atom. The van der Waals surface area contributed by atoms with E-state index in [1.165, 1.54) is 5.56 Å². The summed E-state index contributed by atoms with van der Waals surface area (Å²) in [6.07, 6.45) is 21.9. The van der Waals surface area contributed by atoms with Gasteiger partial charge in [-0.2, -0.15) is 13.7 Å². The number of Topliss-reactive ketones (excluding diaryl/α,β-unsaturated/α-hetero) is 3. The number of carbonyl (C=O) groups is 4. The summed E-state index contributed by atoms with van der Waals surface area (Å²) in [7, 11) is 0. The van der Waals surface area contributed by atoms with E-state index >= 15 is 0 Å². The second kappa shape index (κ2) is 24.8. The van der Waals surface area contributed by atoms with Gasteiger partial charge in [0.2, 0.25) is 34.4 Å². The summed E-state index contributed by atoms with van der Waals surface area (Å²) < 4.78 is 6.83. The van der Waals surface area contributed by atoms with Crippen molar-refractivity contribution in [3.8, 4) is 0 Å². The number of hydrogen-bond acceptors (Lipinski definition) is 8. The molecule has 0 amide bonds. The van der Waals surface area contributed by atoms with E-state index in [-0.39, 0.29) is 67.9 Å². The second-order valence-electron chi connectivity index (χ2n) is 28.2. The van der Waals surface area contributed by atoms with E-state index in [0.29, 0.717) is 41.9 Å². The van der Waals surface area contributed by atoms with Gasteiger partial charge in [-0.05, 0) is 126 Å². The minimum Gasteiger partial charge on any atom is -0.506 e. The molecule has 0 radical (unpaired) electrons. The molecule has 4 heterocycles. The maximum absolute atomic E-state index is 14.8. The van der Waals surface area contributed by atoms with Gasteiger partial charge in [0, 0.05) is 95.7 Å². The van der Waals surface area contributed by atoms with Gasteiger partial charge in [-0.1, -0.05) is 111 Å². The molecule has 91 heavy (non-hydrogen) atoms. The van der Waals surface area contributed by atoms with E-state index < -0.39 is 22.2 Å². The first-order valence-corrected chi connectivity index (χ1v) is 33.7. The Kier molecular flexibility index (Phi) is 17.5. The molecule has 0 aromatic heterocycles. The zero-order valence-electron chi connectivity index (χ0n) is 55.8. The Balaban J connectivity index is 0.908. The summed E-state index contributed by atoms with van der Waals surface area (Å²) in [5.41, 5.74) is 12.0. The molecule has 0 atom stereocenters. The van der Waals surface area contributed by atoms with Crippen molar-refractivity contribution in [3.05, 3.63) is 187 Å². The number of aliphatic hydroxyl groups is 3. The predicted molar refractivity (Wildman–Crippen MR) is 365 cm³/mol. The van der Waals surface area contributed by atoms with Crippen molar-refractivity contribution in [1.29, 1.82) is 0 Å². The molecule has 4 aliphatic heterocycles. The molecule has 0 fully saturated rings. The Bertz CT molecular complexity index is 4120. The number of aliphatic hydroxyl groups excluding tert-OH is 3. The van der Waals surface area contributed by atoms with Crippen LogP contribution in [0.25, 0.3) is 11.1 Å². The fourth-order valence-corrected chi connectivity index (χ4v) is 15.2. The van der Waals surface area contributed by atoms with E-state index in [0.717, 1.165) is 159 Å². The molecular weight excluding hydrogens is 1130 g/mol. The lowest BCUT2D eigenvalue weighted by molar-refractivity contribution is -0.438. The average Bonchev–Trinajstić information content (AvgIpc) is 1.83. The number of allylic oxidation sites excluding steroid dienone is 11. The summed E-state index contributed by atoms with van der Waals surface area (Å²) >= 11 is 0. The number of unbranched alkanes of at least 4 members (excludes halogenated alkanes) is 10. The van der Waals surface area contributed by atoms with Gasteiger partial charge in [0.25, 0.3) is 0 Å². The Hall–Kier alpha value is -8.25. The molecule has 12 nitrogen and oxygen atoms in total. The monoisotopic (exact) mass is 1230 g/mol. The van der Waals surface area contributed by atoms with Crippen LogP contribution < -0.4 is 4.90 Å². The van der Waals surface area contributed by atoms with Gasteiger partial charge >= 0.3 is 5.97 Å². The highest BCUT2D eigenvalue weighted by Gasteiger charge is 2.52. The van der Waals surface area contributed by atoms with Gasteiger partial charge in [0.1, 0.15) is 36.9 Å². The van der Waals surface area contributed by atoms with Gasteiger partial charge in [-0.25, -0.2) is 4.79 Å². The van der Waals surface area contributed by atoms with Crippen LogP contribution in [0.5, 0.6) is 0 Å². The quantitative estimate of drug-likeness (QED) is 0.0288. The molecule has 0 saturated carbocycles. The summed E-state index contributed by atoms with van der Waals surface area (Å²) in [6.45, 7) is 28.4. The first kappa shape index (κ1) is 64.3. The lowest BCUT2D eigenvalue weighted by Gasteiger charge is -2.29. The largest absolute Gasteiger partial charge is 0.506 e. The first-order valence-electron chi connectivity index (χ1n) is 33.7. The fraction of sp³-hybridized carbons (Fsp3) is 0.430. The van der Waals surface area contributed by atoms with E-state index in [2.05, 4.69) is 112 Å². The van der Waals surface area contributed by atoms with Crippen molar-refractivity contribution in [2.75, 3.05) is 31.1 Å². The number of ketones is 3. The fourth-order valence-electron chi connectivity index (χ4n) is 15.2. The average molecular weight is 1230 g/mol. The predicted octanol–water partition coefficient (Wildman–Crippen LogP) is 17.0. The van der Waals surface area contributed by atoms with Crippen LogP contribution in [0.2, 0.25) is 0 Å². The van der Waals surface area contributed by atoms with Gasteiger partial charge in [-0.15, -0.1) is 0 Å². The summed E-state index contributed by atoms with van der Waals surface area (Å²) in [5, 5.41) is 46.0.